The second kappa shape index (κ2) is 6.22. The van der Waals surface area contributed by atoms with Gasteiger partial charge in [0, 0.05) is 23.6 Å². The average molecular weight is 295 g/mol. The molecule has 0 aliphatic rings. The van der Waals surface area contributed by atoms with E-state index in [9.17, 15) is 9.18 Å². The van der Waals surface area contributed by atoms with Crippen molar-refractivity contribution in [3.8, 4) is 11.4 Å². The number of hydrogen-bond donors (Lipinski definition) is 2. The first-order chi connectivity index (χ1) is 10.7. The lowest BCUT2D eigenvalue weighted by Crippen LogP contribution is -2.14. The molecule has 0 saturated carbocycles. The lowest BCUT2D eigenvalue weighted by atomic mass is 10.1. The van der Waals surface area contributed by atoms with Gasteiger partial charge < -0.3 is 10.3 Å². The van der Waals surface area contributed by atoms with Crippen LogP contribution < -0.4 is 5.32 Å². The molecule has 110 valence electrons. The summed E-state index contributed by atoms with van der Waals surface area (Å²) < 4.78 is 12.8. The maximum absolute atomic E-state index is 12.8. The fraction of sp³-hybridized carbons (Fsp3) is 0.0588. The van der Waals surface area contributed by atoms with Crippen molar-refractivity contribution < 1.29 is 9.18 Å². The zero-order valence-corrected chi connectivity index (χ0v) is 11.7. The third-order valence-corrected chi connectivity index (χ3v) is 3.20. The number of anilines is 1. The van der Waals surface area contributed by atoms with Crippen molar-refractivity contribution in [3.63, 3.8) is 0 Å². The van der Waals surface area contributed by atoms with E-state index < -0.39 is 0 Å². The number of aromatic amines is 1. The minimum absolute atomic E-state index is 0.150. The summed E-state index contributed by atoms with van der Waals surface area (Å²) in [6.45, 7) is 0. The second-order valence-corrected chi connectivity index (χ2v) is 4.87. The van der Waals surface area contributed by atoms with Crippen LogP contribution in [0.15, 0.2) is 60.9 Å². The molecule has 5 heteroatoms. The van der Waals surface area contributed by atoms with Crippen LogP contribution in [-0.2, 0) is 11.2 Å². The Balaban J connectivity index is 1.69. The van der Waals surface area contributed by atoms with Crippen molar-refractivity contribution in [3.05, 3.63) is 72.3 Å². The van der Waals surface area contributed by atoms with E-state index in [1.807, 2.05) is 24.3 Å². The van der Waals surface area contributed by atoms with Crippen LogP contribution >= 0.6 is 0 Å². The molecular formula is C17H14FN3O. The first kappa shape index (κ1) is 14.0. The molecule has 3 aromatic rings. The van der Waals surface area contributed by atoms with Crippen LogP contribution in [0.4, 0.5) is 10.1 Å². The van der Waals surface area contributed by atoms with Crippen LogP contribution in [0.25, 0.3) is 11.4 Å². The third kappa shape index (κ3) is 3.38. The molecule has 1 amide bonds. The second-order valence-electron chi connectivity index (χ2n) is 4.87. The standard InChI is InChI=1S/C17H14FN3O/c18-14-6-4-12(5-7-14)10-16(22)21-15-3-1-2-13(11-15)17-19-8-9-20-17/h1-9,11H,10H2,(H,19,20)(H,21,22). The van der Waals surface area contributed by atoms with Gasteiger partial charge >= 0.3 is 0 Å². The van der Waals surface area contributed by atoms with E-state index in [0.717, 1.165) is 17.0 Å². The summed E-state index contributed by atoms with van der Waals surface area (Å²) in [7, 11) is 0. The number of nitrogens with one attached hydrogen (secondary N) is 2. The smallest absolute Gasteiger partial charge is 0.228 e. The van der Waals surface area contributed by atoms with Crippen molar-refractivity contribution >= 4 is 11.6 Å². The Labute approximate surface area is 127 Å². The van der Waals surface area contributed by atoms with Crippen molar-refractivity contribution in [2.24, 2.45) is 0 Å². The Morgan fingerprint density at radius 1 is 1.18 bits per heavy atom. The molecular weight excluding hydrogens is 281 g/mol. The van der Waals surface area contributed by atoms with Crippen LogP contribution in [0.1, 0.15) is 5.56 Å². The first-order valence-corrected chi connectivity index (χ1v) is 6.85. The molecule has 1 aromatic heterocycles. The van der Waals surface area contributed by atoms with E-state index in [4.69, 9.17) is 0 Å². The highest BCUT2D eigenvalue weighted by molar-refractivity contribution is 5.92. The van der Waals surface area contributed by atoms with E-state index in [2.05, 4.69) is 15.3 Å². The highest BCUT2D eigenvalue weighted by Crippen LogP contribution is 2.19. The van der Waals surface area contributed by atoms with Crippen molar-refractivity contribution in [1.82, 2.24) is 9.97 Å². The van der Waals surface area contributed by atoms with Gasteiger partial charge in [0.1, 0.15) is 11.6 Å². The molecule has 0 spiro atoms. The molecule has 0 saturated heterocycles. The zero-order chi connectivity index (χ0) is 15.4. The third-order valence-electron chi connectivity index (χ3n) is 3.20. The van der Waals surface area contributed by atoms with Gasteiger partial charge in [-0.25, -0.2) is 9.37 Å². The van der Waals surface area contributed by atoms with E-state index in [0.29, 0.717) is 5.69 Å². The number of carbonyl (C=O) groups excluding carboxylic acids is 1. The van der Waals surface area contributed by atoms with Crippen LogP contribution in [0, 0.1) is 5.82 Å². The normalized spacial score (nSPS) is 10.4. The Hall–Kier alpha value is -2.95. The number of hydrogen-bond acceptors (Lipinski definition) is 2. The number of halogens is 1. The Morgan fingerprint density at radius 3 is 2.73 bits per heavy atom. The molecule has 0 unspecified atom stereocenters. The zero-order valence-electron chi connectivity index (χ0n) is 11.7. The number of benzene rings is 2. The van der Waals surface area contributed by atoms with Crippen molar-refractivity contribution in [2.45, 2.75) is 6.42 Å². The molecule has 3 rings (SSSR count). The Bertz CT molecular complexity index is 767. The SMILES string of the molecule is O=C(Cc1ccc(F)cc1)Nc1cccc(-c2ncc[nH]2)c1. The highest BCUT2D eigenvalue weighted by Gasteiger charge is 2.06. The van der Waals surface area contributed by atoms with Crippen LogP contribution in [0.3, 0.4) is 0 Å². The number of nitrogens with zero attached hydrogens (tertiary/aromatic N) is 1. The molecule has 0 aliphatic carbocycles. The molecule has 2 aromatic carbocycles. The maximum atomic E-state index is 12.8. The number of amides is 1. The van der Waals surface area contributed by atoms with Gasteiger partial charge in [-0.2, -0.15) is 0 Å². The molecule has 0 radical (unpaired) electrons. The summed E-state index contributed by atoms with van der Waals surface area (Å²) in [5.41, 5.74) is 2.35. The summed E-state index contributed by atoms with van der Waals surface area (Å²) in [6.07, 6.45) is 3.62. The summed E-state index contributed by atoms with van der Waals surface area (Å²) in [5.74, 6) is 0.285. The lowest BCUT2D eigenvalue weighted by molar-refractivity contribution is -0.115. The number of H-pyrrole nitrogens is 1. The maximum Gasteiger partial charge on any atom is 0.228 e. The van der Waals surface area contributed by atoms with Gasteiger partial charge in [-0.05, 0) is 29.8 Å². The van der Waals surface area contributed by atoms with E-state index in [1.54, 1.807) is 24.5 Å². The van der Waals surface area contributed by atoms with Crippen LogP contribution in [0.5, 0.6) is 0 Å². The number of aromatic nitrogens is 2. The Kier molecular flexibility index (Phi) is 3.96. The summed E-state index contributed by atoms with van der Waals surface area (Å²) >= 11 is 0. The van der Waals surface area contributed by atoms with Crippen molar-refractivity contribution in [2.75, 3.05) is 5.32 Å². The van der Waals surface area contributed by atoms with Crippen LogP contribution in [0.2, 0.25) is 0 Å². The first-order valence-electron chi connectivity index (χ1n) is 6.85. The molecule has 2 N–H and O–H groups in total. The van der Waals surface area contributed by atoms with Gasteiger partial charge in [-0.3, -0.25) is 4.79 Å². The predicted octanol–water partition coefficient (Wildman–Crippen LogP) is 3.40. The van der Waals surface area contributed by atoms with Gasteiger partial charge in [-0.15, -0.1) is 0 Å². The topological polar surface area (TPSA) is 57.8 Å². The van der Waals surface area contributed by atoms with Gasteiger partial charge in [0.2, 0.25) is 5.91 Å². The quantitative estimate of drug-likeness (QED) is 0.775. The van der Waals surface area contributed by atoms with Gasteiger partial charge in [0.05, 0.1) is 6.42 Å². The van der Waals surface area contributed by atoms with Gasteiger partial charge in [-0.1, -0.05) is 24.3 Å². The van der Waals surface area contributed by atoms with Gasteiger partial charge in [0.15, 0.2) is 0 Å². The predicted molar refractivity (Wildman–Crippen MR) is 82.8 cm³/mol. The molecule has 0 aliphatic heterocycles. The fourth-order valence-corrected chi connectivity index (χ4v) is 2.16. The highest BCUT2D eigenvalue weighted by atomic mass is 19.1. The van der Waals surface area contributed by atoms with Crippen LogP contribution in [-0.4, -0.2) is 15.9 Å². The van der Waals surface area contributed by atoms with Crippen molar-refractivity contribution in [1.29, 1.82) is 0 Å². The molecule has 22 heavy (non-hydrogen) atoms. The monoisotopic (exact) mass is 295 g/mol. The van der Waals surface area contributed by atoms with E-state index in [-0.39, 0.29) is 18.1 Å². The lowest BCUT2D eigenvalue weighted by Gasteiger charge is -2.07. The molecule has 0 fully saturated rings. The number of carbonyl (C=O) groups is 1. The number of imidazole rings is 1. The largest absolute Gasteiger partial charge is 0.345 e. The summed E-state index contributed by atoms with van der Waals surface area (Å²) in [4.78, 5) is 19.2. The van der Waals surface area contributed by atoms with E-state index >= 15 is 0 Å². The molecule has 0 bridgehead atoms. The average Bonchev–Trinajstić information content (AvgIpc) is 3.04. The molecule has 1 heterocycles. The summed E-state index contributed by atoms with van der Waals surface area (Å²) in [6, 6.07) is 13.3. The fourth-order valence-electron chi connectivity index (χ4n) is 2.16. The molecule has 0 atom stereocenters. The minimum Gasteiger partial charge on any atom is -0.345 e. The van der Waals surface area contributed by atoms with Gasteiger partial charge in [0.25, 0.3) is 0 Å². The Morgan fingerprint density at radius 2 is 2.00 bits per heavy atom. The van der Waals surface area contributed by atoms with E-state index in [1.165, 1.54) is 12.1 Å². The summed E-state index contributed by atoms with van der Waals surface area (Å²) in [5, 5.41) is 2.83. The number of rotatable bonds is 4. The molecule has 4 nitrogen and oxygen atoms in total. The minimum atomic E-state index is -0.310.